The van der Waals surface area contributed by atoms with Crippen molar-refractivity contribution in [2.45, 2.75) is 38.3 Å². The lowest BCUT2D eigenvalue weighted by atomic mass is 10.0. The molecule has 0 aliphatic carbocycles. The first-order chi connectivity index (χ1) is 10.1. The Kier molecular flexibility index (Phi) is 5.88. The van der Waals surface area contributed by atoms with Gasteiger partial charge in [0.15, 0.2) is 11.5 Å². The second kappa shape index (κ2) is 7.66. The van der Waals surface area contributed by atoms with E-state index >= 15 is 0 Å². The molecule has 21 heavy (non-hydrogen) atoms. The second-order valence-electron chi connectivity index (χ2n) is 6.04. The minimum atomic E-state index is 0.469. The van der Waals surface area contributed by atoms with E-state index < -0.39 is 0 Å². The summed E-state index contributed by atoms with van der Waals surface area (Å²) in [5.74, 6) is 1.60. The SMILES string of the molecule is COc1ccc(CC(C)NC2CCN(C)CC2)cc1OC. The van der Waals surface area contributed by atoms with Crippen molar-refractivity contribution in [1.29, 1.82) is 0 Å². The van der Waals surface area contributed by atoms with E-state index in [9.17, 15) is 0 Å². The summed E-state index contributed by atoms with van der Waals surface area (Å²) < 4.78 is 10.7. The highest BCUT2D eigenvalue weighted by Gasteiger charge is 2.18. The van der Waals surface area contributed by atoms with E-state index in [1.54, 1.807) is 14.2 Å². The molecule has 1 aromatic carbocycles. The molecule has 0 aromatic heterocycles. The zero-order valence-corrected chi connectivity index (χ0v) is 13.7. The van der Waals surface area contributed by atoms with E-state index in [-0.39, 0.29) is 0 Å². The number of ether oxygens (including phenoxy) is 2. The molecule has 4 nitrogen and oxygen atoms in total. The summed E-state index contributed by atoms with van der Waals surface area (Å²) in [6.45, 7) is 4.65. The molecule has 1 aliphatic rings. The maximum absolute atomic E-state index is 5.37. The molecule has 0 bridgehead atoms. The monoisotopic (exact) mass is 292 g/mol. The normalized spacial score (nSPS) is 18.5. The summed E-state index contributed by atoms with van der Waals surface area (Å²) >= 11 is 0. The minimum absolute atomic E-state index is 0.469. The number of benzene rings is 1. The average molecular weight is 292 g/mol. The van der Waals surface area contributed by atoms with Crippen LogP contribution in [0.15, 0.2) is 18.2 Å². The molecule has 1 saturated heterocycles. The lowest BCUT2D eigenvalue weighted by Gasteiger charge is -2.31. The first-order valence-electron chi connectivity index (χ1n) is 7.78. The summed E-state index contributed by atoms with van der Waals surface area (Å²) in [5.41, 5.74) is 1.28. The van der Waals surface area contributed by atoms with Crippen molar-refractivity contribution < 1.29 is 9.47 Å². The van der Waals surface area contributed by atoms with Crippen LogP contribution in [0.2, 0.25) is 0 Å². The van der Waals surface area contributed by atoms with Crippen molar-refractivity contribution in [2.75, 3.05) is 34.4 Å². The molecule has 0 spiro atoms. The van der Waals surface area contributed by atoms with Crippen LogP contribution >= 0.6 is 0 Å². The van der Waals surface area contributed by atoms with E-state index in [0.29, 0.717) is 12.1 Å². The highest BCUT2D eigenvalue weighted by Crippen LogP contribution is 2.28. The Labute approximate surface area is 128 Å². The van der Waals surface area contributed by atoms with Crippen LogP contribution in [0, 0.1) is 0 Å². The third-order valence-electron chi connectivity index (χ3n) is 4.23. The van der Waals surface area contributed by atoms with Crippen molar-refractivity contribution in [2.24, 2.45) is 0 Å². The molecule has 118 valence electrons. The van der Waals surface area contributed by atoms with Crippen molar-refractivity contribution in [3.8, 4) is 11.5 Å². The van der Waals surface area contributed by atoms with Crippen LogP contribution in [0.25, 0.3) is 0 Å². The number of hydrogen-bond donors (Lipinski definition) is 1. The fraction of sp³-hybridized carbons (Fsp3) is 0.647. The molecule has 1 fully saturated rings. The molecule has 0 amide bonds. The van der Waals surface area contributed by atoms with Crippen molar-refractivity contribution in [1.82, 2.24) is 10.2 Å². The zero-order chi connectivity index (χ0) is 15.2. The van der Waals surface area contributed by atoms with Crippen molar-refractivity contribution >= 4 is 0 Å². The van der Waals surface area contributed by atoms with Crippen LogP contribution in [0.3, 0.4) is 0 Å². The molecule has 1 N–H and O–H groups in total. The molecule has 0 radical (unpaired) electrons. The summed E-state index contributed by atoms with van der Waals surface area (Å²) in [6.07, 6.45) is 3.49. The van der Waals surface area contributed by atoms with Crippen LogP contribution < -0.4 is 14.8 Å². The molecule has 1 atom stereocenters. The number of nitrogens with zero attached hydrogens (tertiary/aromatic N) is 1. The van der Waals surface area contributed by atoms with Crippen molar-refractivity contribution in [3.63, 3.8) is 0 Å². The first kappa shape index (κ1) is 16.1. The standard InChI is InChI=1S/C17H28N2O2/c1-13(18-15-7-9-19(2)10-8-15)11-14-5-6-16(20-3)17(12-14)21-4/h5-6,12-13,15,18H,7-11H2,1-4H3. The third kappa shape index (κ3) is 4.61. The van der Waals surface area contributed by atoms with E-state index in [2.05, 4.69) is 36.3 Å². The lowest BCUT2D eigenvalue weighted by Crippen LogP contribution is -2.44. The van der Waals surface area contributed by atoms with Crippen LogP contribution in [0.4, 0.5) is 0 Å². The van der Waals surface area contributed by atoms with Crippen LogP contribution in [-0.2, 0) is 6.42 Å². The van der Waals surface area contributed by atoms with Gasteiger partial charge < -0.3 is 19.7 Å². The Hall–Kier alpha value is -1.26. The summed E-state index contributed by atoms with van der Waals surface area (Å²) in [5, 5.41) is 3.76. The highest BCUT2D eigenvalue weighted by molar-refractivity contribution is 5.43. The molecule has 0 saturated carbocycles. The molecular weight excluding hydrogens is 264 g/mol. The highest BCUT2D eigenvalue weighted by atomic mass is 16.5. The number of methoxy groups -OCH3 is 2. The van der Waals surface area contributed by atoms with Crippen molar-refractivity contribution in [3.05, 3.63) is 23.8 Å². The molecule has 1 aliphatic heterocycles. The predicted octanol–water partition coefficient (Wildman–Crippen LogP) is 2.32. The van der Waals surface area contributed by atoms with E-state index in [0.717, 1.165) is 17.9 Å². The average Bonchev–Trinajstić information content (AvgIpc) is 2.49. The Bertz CT molecular complexity index is 442. The van der Waals surface area contributed by atoms with E-state index in [4.69, 9.17) is 9.47 Å². The molecule has 1 aromatic rings. The zero-order valence-electron chi connectivity index (χ0n) is 13.7. The maximum Gasteiger partial charge on any atom is 0.160 e. The number of rotatable bonds is 6. The number of likely N-dealkylation sites (tertiary alicyclic amines) is 1. The Balaban J connectivity index is 1.88. The number of nitrogens with one attached hydrogen (secondary N) is 1. The Morgan fingerprint density at radius 1 is 1.19 bits per heavy atom. The van der Waals surface area contributed by atoms with Gasteiger partial charge in [-0.05, 0) is 64.0 Å². The van der Waals surface area contributed by atoms with Crippen LogP contribution in [0.1, 0.15) is 25.3 Å². The van der Waals surface area contributed by atoms with Gasteiger partial charge in [-0.2, -0.15) is 0 Å². The predicted molar refractivity (Wildman–Crippen MR) is 86.4 cm³/mol. The van der Waals surface area contributed by atoms with Gasteiger partial charge >= 0.3 is 0 Å². The fourth-order valence-electron chi connectivity index (χ4n) is 3.00. The molecule has 2 rings (SSSR count). The van der Waals surface area contributed by atoms with Gasteiger partial charge in [-0.25, -0.2) is 0 Å². The topological polar surface area (TPSA) is 33.7 Å². The van der Waals surface area contributed by atoms with Gasteiger partial charge in [0.1, 0.15) is 0 Å². The Morgan fingerprint density at radius 2 is 1.86 bits per heavy atom. The fourth-order valence-corrected chi connectivity index (χ4v) is 3.00. The van der Waals surface area contributed by atoms with Gasteiger partial charge in [-0.3, -0.25) is 0 Å². The van der Waals surface area contributed by atoms with Gasteiger partial charge in [0.05, 0.1) is 14.2 Å². The summed E-state index contributed by atoms with van der Waals surface area (Å²) in [4.78, 5) is 2.40. The first-order valence-corrected chi connectivity index (χ1v) is 7.78. The lowest BCUT2D eigenvalue weighted by molar-refractivity contribution is 0.226. The summed E-state index contributed by atoms with van der Waals surface area (Å²) in [6, 6.07) is 7.30. The van der Waals surface area contributed by atoms with E-state index in [1.807, 2.05) is 6.07 Å². The molecule has 1 unspecified atom stereocenters. The summed E-state index contributed by atoms with van der Waals surface area (Å²) in [7, 11) is 5.55. The number of hydrogen-bond acceptors (Lipinski definition) is 4. The largest absolute Gasteiger partial charge is 0.493 e. The van der Waals surface area contributed by atoms with Gasteiger partial charge in [0.25, 0.3) is 0 Å². The minimum Gasteiger partial charge on any atom is -0.493 e. The van der Waals surface area contributed by atoms with Gasteiger partial charge in [0.2, 0.25) is 0 Å². The van der Waals surface area contributed by atoms with Gasteiger partial charge in [-0.1, -0.05) is 6.07 Å². The van der Waals surface area contributed by atoms with E-state index in [1.165, 1.54) is 31.5 Å². The number of piperidine rings is 1. The smallest absolute Gasteiger partial charge is 0.160 e. The quantitative estimate of drug-likeness (QED) is 0.872. The van der Waals surface area contributed by atoms with Crippen LogP contribution in [0.5, 0.6) is 11.5 Å². The molecule has 4 heteroatoms. The van der Waals surface area contributed by atoms with Gasteiger partial charge in [0, 0.05) is 12.1 Å². The Morgan fingerprint density at radius 3 is 2.48 bits per heavy atom. The molecular formula is C17H28N2O2. The van der Waals surface area contributed by atoms with Gasteiger partial charge in [-0.15, -0.1) is 0 Å². The maximum atomic E-state index is 5.37. The second-order valence-corrected chi connectivity index (χ2v) is 6.04. The third-order valence-corrected chi connectivity index (χ3v) is 4.23. The van der Waals surface area contributed by atoms with Crippen LogP contribution in [-0.4, -0.2) is 51.3 Å². The molecule has 1 heterocycles.